The van der Waals surface area contributed by atoms with Gasteiger partial charge >= 0.3 is 6.18 Å². The summed E-state index contributed by atoms with van der Waals surface area (Å²) in [5.74, 6) is 0.791. The molecule has 2 rings (SSSR count). The second kappa shape index (κ2) is 7.16. The van der Waals surface area contributed by atoms with Crippen molar-refractivity contribution < 1.29 is 17.9 Å². The van der Waals surface area contributed by atoms with Crippen molar-refractivity contribution in [3.8, 4) is 5.75 Å². The van der Waals surface area contributed by atoms with Crippen LogP contribution >= 0.6 is 0 Å². The Morgan fingerprint density at radius 2 is 2.14 bits per heavy atom. The number of alkyl halides is 3. The van der Waals surface area contributed by atoms with E-state index in [-0.39, 0.29) is 12.5 Å². The summed E-state index contributed by atoms with van der Waals surface area (Å²) in [6.07, 6.45) is -2.07. The molecule has 0 bridgehead atoms. The number of aryl methyl sites for hydroxylation is 1. The summed E-state index contributed by atoms with van der Waals surface area (Å²) in [6.45, 7) is 3.35. The molecule has 2 nitrogen and oxygen atoms in total. The van der Waals surface area contributed by atoms with Crippen LogP contribution in [-0.2, 0) is 6.42 Å². The van der Waals surface area contributed by atoms with Gasteiger partial charge in [-0.1, -0.05) is 25.1 Å². The smallest absolute Gasteiger partial charge is 0.389 e. The van der Waals surface area contributed by atoms with E-state index in [2.05, 4.69) is 5.32 Å². The van der Waals surface area contributed by atoms with Gasteiger partial charge < -0.3 is 10.1 Å². The van der Waals surface area contributed by atoms with Crippen molar-refractivity contribution >= 4 is 0 Å². The minimum absolute atomic E-state index is 0.0450. The summed E-state index contributed by atoms with van der Waals surface area (Å²) in [6, 6.07) is 5.49. The van der Waals surface area contributed by atoms with E-state index in [0.29, 0.717) is 13.2 Å². The van der Waals surface area contributed by atoms with Gasteiger partial charge in [0, 0.05) is 18.0 Å². The van der Waals surface area contributed by atoms with Crippen LogP contribution in [-0.4, -0.2) is 19.3 Å². The summed E-state index contributed by atoms with van der Waals surface area (Å²) >= 11 is 0. The molecule has 0 saturated carbocycles. The van der Waals surface area contributed by atoms with Crippen LogP contribution in [0.15, 0.2) is 18.2 Å². The minimum atomic E-state index is -4.12. The van der Waals surface area contributed by atoms with Gasteiger partial charge in [0.25, 0.3) is 0 Å². The molecule has 0 aliphatic carbocycles. The highest BCUT2D eigenvalue weighted by molar-refractivity contribution is 5.44. The molecule has 0 radical (unpaired) electrons. The summed E-state index contributed by atoms with van der Waals surface area (Å²) in [4.78, 5) is 0. The predicted octanol–water partition coefficient (Wildman–Crippen LogP) is 4.39. The Morgan fingerprint density at radius 1 is 1.33 bits per heavy atom. The first-order valence-electron chi connectivity index (χ1n) is 7.56. The fourth-order valence-electron chi connectivity index (χ4n) is 2.68. The maximum atomic E-state index is 12.5. The van der Waals surface area contributed by atoms with Crippen LogP contribution in [0, 0.1) is 0 Å². The Bertz CT molecular complexity index is 459. The molecule has 0 spiro atoms. The molecule has 1 aromatic rings. The predicted molar refractivity (Wildman–Crippen MR) is 76.6 cm³/mol. The summed E-state index contributed by atoms with van der Waals surface area (Å²) in [7, 11) is 0. The molecule has 1 aliphatic heterocycles. The van der Waals surface area contributed by atoms with Crippen molar-refractivity contribution in [2.24, 2.45) is 0 Å². The lowest BCUT2D eigenvalue weighted by Gasteiger charge is -2.26. The number of halogens is 3. The zero-order valence-electron chi connectivity index (χ0n) is 12.3. The SMILES string of the molecule is CCCNC(CCC(F)(F)F)c1cccc2c1OCCC2. The molecule has 0 amide bonds. The normalized spacial score (nSPS) is 16.2. The molecule has 1 heterocycles. The highest BCUT2D eigenvalue weighted by Crippen LogP contribution is 2.36. The summed E-state index contributed by atoms with van der Waals surface area (Å²) in [5.41, 5.74) is 1.97. The molecule has 1 atom stereocenters. The Balaban J connectivity index is 2.19. The molecular formula is C16H22F3NO. The van der Waals surface area contributed by atoms with E-state index in [0.717, 1.165) is 36.1 Å². The lowest BCUT2D eigenvalue weighted by atomic mass is 9.95. The molecule has 0 aromatic heterocycles. The maximum absolute atomic E-state index is 12.5. The van der Waals surface area contributed by atoms with E-state index in [1.807, 2.05) is 25.1 Å². The molecule has 5 heteroatoms. The second-order valence-corrected chi connectivity index (χ2v) is 5.45. The fraction of sp³-hybridized carbons (Fsp3) is 0.625. The lowest BCUT2D eigenvalue weighted by Crippen LogP contribution is -2.25. The molecular weight excluding hydrogens is 279 g/mol. The molecule has 118 valence electrons. The van der Waals surface area contributed by atoms with Gasteiger partial charge in [0.15, 0.2) is 0 Å². The van der Waals surface area contributed by atoms with Crippen LogP contribution in [0.4, 0.5) is 13.2 Å². The van der Waals surface area contributed by atoms with Gasteiger partial charge in [0.05, 0.1) is 6.61 Å². The van der Waals surface area contributed by atoms with Gasteiger partial charge in [-0.15, -0.1) is 0 Å². The molecule has 0 saturated heterocycles. The van der Waals surface area contributed by atoms with Crippen molar-refractivity contribution in [1.82, 2.24) is 5.32 Å². The third kappa shape index (κ3) is 4.63. The van der Waals surface area contributed by atoms with Gasteiger partial charge in [-0.2, -0.15) is 13.2 Å². The number of hydrogen-bond acceptors (Lipinski definition) is 2. The molecule has 1 aliphatic rings. The van der Waals surface area contributed by atoms with Crippen molar-refractivity contribution in [3.63, 3.8) is 0 Å². The van der Waals surface area contributed by atoms with E-state index in [4.69, 9.17) is 4.74 Å². The van der Waals surface area contributed by atoms with Crippen molar-refractivity contribution in [2.45, 2.75) is 51.2 Å². The molecule has 1 aromatic carbocycles. The summed E-state index contributed by atoms with van der Waals surface area (Å²) in [5, 5.41) is 3.23. The number of rotatable bonds is 6. The molecule has 0 fully saturated rings. The van der Waals surface area contributed by atoms with Gasteiger partial charge in [-0.25, -0.2) is 0 Å². The van der Waals surface area contributed by atoms with Gasteiger partial charge in [-0.05, 0) is 37.8 Å². The average Bonchev–Trinajstić information content (AvgIpc) is 2.46. The van der Waals surface area contributed by atoms with Gasteiger partial charge in [-0.3, -0.25) is 0 Å². The first kappa shape index (κ1) is 16.1. The fourth-order valence-corrected chi connectivity index (χ4v) is 2.68. The Hall–Kier alpha value is -1.23. The van der Waals surface area contributed by atoms with Gasteiger partial charge in [0.1, 0.15) is 5.75 Å². The zero-order valence-corrected chi connectivity index (χ0v) is 12.3. The monoisotopic (exact) mass is 301 g/mol. The number of ether oxygens (including phenoxy) is 1. The van der Waals surface area contributed by atoms with Crippen LogP contribution in [0.2, 0.25) is 0 Å². The van der Waals surface area contributed by atoms with E-state index in [1.165, 1.54) is 0 Å². The topological polar surface area (TPSA) is 21.3 Å². The largest absolute Gasteiger partial charge is 0.493 e. The van der Waals surface area contributed by atoms with Crippen LogP contribution in [0.3, 0.4) is 0 Å². The Morgan fingerprint density at radius 3 is 2.86 bits per heavy atom. The quantitative estimate of drug-likeness (QED) is 0.841. The minimum Gasteiger partial charge on any atom is -0.493 e. The highest BCUT2D eigenvalue weighted by Gasteiger charge is 2.30. The first-order chi connectivity index (χ1) is 10.0. The van der Waals surface area contributed by atoms with Crippen LogP contribution in [0.1, 0.15) is 49.8 Å². The molecule has 21 heavy (non-hydrogen) atoms. The van der Waals surface area contributed by atoms with Crippen molar-refractivity contribution in [2.75, 3.05) is 13.2 Å². The third-order valence-electron chi connectivity index (χ3n) is 3.70. The lowest BCUT2D eigenvalue weighted by molar-refractivity contribution is -0.136. The number of fused-ring (bicyclic) bond motifs is 1. The number of hydrogen-bond donors (Lipinski definition) is 1. The standard InChI is InChI=1S/C16H22F3NO/c1-2-10-20-14(8-9-16(17,18)19)13-7-3-5-12-6-4-11-21-15(12)13/h3,5,7,14,20H,2,4,6,8-11H2,1H3. The van der Waals surface area contributed by atoms with E-state index < -0.39 is 12.6 Å². The Kier molecular flexibility index (Phi) is 5.51. The maximum Gasteiger partial charge on any atom is 0.389 e. The second-order valence-electron chi connectivity index (χ2n) is 5.45. The Labute approximate surface area is 123 Å². The van der Waals surface area contributed by atoms with Crippen LogP contribution in [0.25, 0.3) is 0 Å². The summed E-state index contributed by atoms with van der Waals surface area (Å²) < 4.78 is 43.3. The highest BCUT2D eigenvalue weighted by atomic mass is 19.4. The van der Waals surface area contributed by atoms with Gasteiger partial charge in [0.2, 0.25) is 0 Å². The van der Waals surface area contributed by atoms with E-state index in [9.17, 15) is 13.2 Å². The average molecular weight is 301 g/mol. The zero-order chi connectivity index (χ0) is 15.3. The third-order valence-corrected chi connectivity index (χ3v) is 3.70. The number of para-hydroxylation sites is 1. The molecule has 1 unspecified atom stereocenters. The van der Waals surface area contributed by atoms with Crippen LogP contribution in [0.5, 0.6) is 5.75 Å². The first-order valence-corrected chi connectivity index (χ1v) is 7.56. The van der Waals surface area contributed by atoms with E-state index in [1.54, 1.807) is 0 Å². The number of benzene rings is 1. The molecule has 1 N–H and O–H groups in total. The van der Waals surface area contributed by atoms with Crippen LogP contribution < -0.4 is 10.1 Å². The van der Waals surface area contributed by atoms with Crippen molar-refractivity contribution in [3.05, 3.63) is 29.3 Å². The van der Waals surface area contributed by atoms with Crippen molar-refractivity contribution in [1.29, 1.82) is 0 Å². The number of nitrogens with one attached hydrogen (secondary N) is 1. The van der Waals surface area contributed by atoms with E-state index >= 15 is 0 Å².